The Balaban J connectivity index is 2.74. The lowest BCUT2D eigenvalue weighted by atomic mass is 10.1. The highest BCUT2D eigenvalue weighted by atomic mass is 16.5. The molecular formula is C12H19N3O2. The van der Waals surface area contributed by atoms with E-state index in [2.05, 4.69) is 12.0 Å². The zero-order chi connectivity index (χ0) is 12.9. The van der Waals surface area contributed by atoms with E-state index >= 15 is 0 Å². The van der Waals surface area contributed by atoms with E-state index in [9.17, 15) is 0 Å². The van der Waals surface area contributed by atoms with Crippen molar-refractivity contribution in [2.45, 2.75) is 39.3 Å². The second-order valence-electron chi connectivity index (χ2n) is 4.46. The first-order valence-corrected chi connectivity index (χ1v) is 5.68. The van der Waals surface area contributed by atoms with Crippen molar-refractivity contribution in [3.8, 4) is 11.8 Å². The number of nitrogens with zero attached hydrogens (tertiary/aromatic N) is 3. The van der Waals surface area contributed by atoms with Gasteiger partial charge in [-0.3, -0.25) is 4.68 Å². The Labute approximate surface area is 102 Å². The second-order valence-corrected chi connectivity index (χ2v) is 4.46. The standard InChI is InChI=1S/C12H19N3O2/c1-5-6-17-12(2,3)9-15-8-11(16-4)10(7-13)14-15/h8H,5-6,9H2,1-4H3. The summed E-state index contributed by atoms with van der Waals surface area (Å²) in [5, 5.41) is 13.0. The van der Waals surface area contributed by atoms with E-state index in [1.807, 2.05) is 19.9 Å². The quantitative estimate of drug-likeness (QED) is 0.759. The highest BCUT2D eigenvalue weighted by Gasteiger charge is 2.20. The van der Waals surface area contributed by atoms with Crippen molar-refractivity contribution >= 4 is 0 Å². The topological polar surface area (TPSA) is 60.1 Å². The van der Waals surface area contributed by atoms with Crippen LogP contribution < -0.4 is 4.74 Å². The monoisotopic (exact) mass is 237 g/mol. The lowest BCUT2D eigenvalue weighted by molar-refractivity contribution is -0.0312. The average Bonchev–Trinajstić information content (AvgIpc) is 2.67. The van der Waals surface area contributed by atoms with Crippen LogP contribution in [0.3, 0.4) is 0 Å². The maximum atomic E-state index is 8.87. The Bertz CT molecular complexity index is 404. The van der Waals surface area contributed by atoms with E-state index in [1.54, 1.807) is 10.9 Å². The van der Waals surface area contributed by atoms with Crippen molar-refractivity contribution in [3.05, 3.63) is 11.9 Å². The van der Waals surface area contributed by atoms with E-state index in [0.717, 1.165) is 13.0 Å². The molecule has 0 saturated heterocycles. The number of hydrogen-bond donors (Lipinski definition) is 0. The Morgan fingerprint density at radius 2 is 2.24 bits per heavy atom. The summed E-state index contributed by atoms with van der Waals surface area (Å²) >= 11 is 0. The van der Waals surface area contributed by atoms with E-state index in [0.29, 0.717) is 18.0 Å². The molecule has 1 aromatic heterocycles. The molecule has 0 atom stereocenters. The van der Waals surface area contributed by atoms with Gasteiger partial charge in [0.05, 0.1) is 25.5 Å². The van der Waals surface area contributed by atoms with Crippen LogP contribution in [0.15, 0.2) is 6.20 Å². The molecule has 0 aliphatic heterocycles. The lowest BCUT2D eigenvalue weighted by Gasteiger charge is -2.24. The smallest absolute Gasteiger partial charge is 0.204 e. The van der Waals surface area contributed by atoms with E-state index in [-0.39, 0.29) is 5.60 Å². The molecule has 17 heavy (non-hydrogen) atoms. The van der Waals surface area contributed by atoms with Crippen LogP contribution in [0.5, 0.6) is 5.75 Å². The number of ether oxygens (including phenoxy) is 2. The zero-order valence-corrected chi connectivity index (χ0v) is 10.9. The molecule has 0 unspecified atom stereocenters. The van der Waals surface area contributed by atoms with Gasteiger partial charge in [0.2, 0.25) is 5.69 Å². The summed E-state index contributed by atoms with van der Waals surface area (Å²) < 4.78 is 12.5. The van der Waals surface area contributed by atoms with E-state index in [4.69, 9.17) is 14.7 Å². The van der Waals surface area contributed by atoms with Gasteiger partial charge >= 0.3 is 0 Å². The van der Waals surface area contributed by atoms with Gasteiger partial charge < -0.3 is 9.47 Å². The van der Waals surface area contributed by atoms with Crippen molar-refractivity contribution in [1.82, 2.24) is 9.78 Å². The van der Waals surface area contributed by atoms with Crippen molar-refractivity contribution < 1.29 is 9.47 Å². The summed E-state index contributed by atoms with van der Waals surface area (Å²) in [6.45, 7) is 7.38. The van der Waals surface area contributed by atoms with E-state index < -0.39 is 0 Å². The van der Waals surface area contributed by atoms with Crippen molar-refractivity contribution in [2.24, 2.45) is 0 Å². The largest absolute Gasteiger partial charge is 0.492 e. The van der Waals surface area contributed by atoms with Gasteiger partial charge in [-0.1, -0.05) is 6.92 Å². The van der Waals surface area contributed by atoms with Crippen LogP contribution in [-0.4, -0.2) is 29.1 Å². The Kier molecular flexibility index (Phi) is 4.53. The average molecular weight is 237 g/mol. The van der Waals surface area contributed by atoms with Crippen LogP contribution in [0, 0.1) is 11.3 Å². The van der Waals surface area contributed by atoms with Crippen molar-refractivity contribution in [1.29, 1.82) is 5.26 Å². The van der Waals surface area contributed by atoms with E-state index in [1.165, 1.54) is 7.11 Å². The summed E-state index contributed by atoms with van der Waals surface area (Å²) in [6.07, 6.45) is 2.70. The normalized spacial score (nSPS) is 11.2. The van der Waals surface area contributed by atoms with Gasteiger partial charge in [-0.25, -0.2) is 0 Å². The fourth-order valence-electron chi connectivity index (χ4n) is 1.53. The maximum Gasteiger partial charge on any atom is 0.204 e. The molecule has 1 rings (SSSR count). The molecule has 1 heterocycles. The number of hydrogen-bond acceptors (Lipinski definition) is 4. The van der Waals surface area contributed by atoms with Gasteiger partial charge in [-0.2, -0.15) is 10.4 Å². The van der Waals surface area contributed by atoms with Crippen molar-refractivity contribution in [2.75, 3.05) is 13.7 Å². The molecular weight excluding hydrogens is 218 g/mol. The number of methoxy groups -OCH3 is 1. The highest BCUT2D eigenvalue weighted by molar-refractivity contribution is 5.34. The molecule has 0 N–H and O–H groups in total. The molecule has 0 radical (unpaired) electrons. The van der Waals surface area contributed by atoms with Gasteiger partial charge in [0, 0.05) is 6.61 Å². The van der Waals surface area contributed by atoms with Crippen LogP contribution in [0.25, 0.3) is 0 Å². The molecule has 5 heteroatoms. The van der Waals surface area contributed by atoms with Gasteiger partial charge in [-0.05, 0) is 20.3 Å². The predicted octanol–water partition coefficient (Wildman–Crippen LogP) is 1.97. The highest BCUT2D eigenvalue weighted by Crippen LogP contribution is 2.18. The Hall–Kier alpha value is -1.54. The molecule has 1 aromatic rings. The van der Waals surface area contributed by atoms with Gasteiger partial charge in [0.1, 0.15) is 6.07 Å². The SMILES string of the molecule is CCCOC(C)(C)Cn1cc(OC)c(C#N)n1. The summed E-state index contributed by atoms with van der Waals surface area (Å²) in [6, 6.07) is 2.00. The van der Waals surface area contributed by atoms with Gasteiger partial charge in [-0.15, -0.1) is 0 Å². The molecule has 5 nitrogen and oxygen atoms in total. The molecule has 0 saturated carbocycles. The third kappa shape index (κ3) is 3.75. The number of nitriles is 1. The maximum absolute atomic E-state index is 8.87. The minimum atomic E-state index is -0.306. The zero-order valence-electron chi connectivity index (χ0n) is 10.9. The molecule has 0 aliphatic carbocycles. The molecule has 0 spiro atoms. The first kappa shape index (κ1) is 13.5. The third-order valence-corrected chi connectivity index (χ3v) is 2.29. The first-order valence-electron chi connectivity index (χ1n) is 5.68. The molecule has 94 valence electrons. The molecule has 0 amide bonds. The molecule has 0 fully saturated rings. The fraction of sp³-hybridized carbons (Fsp3) is 0.667. The number of aromatic nitrogens is 2. The van der Waals surface area contributed by atoms with Crippen molar-refractivity contribution in [3.63, 3.8) is 0 Å². The Morgan fingerprint density at radius 1 is 1.53 bits per heavy atom. The van der Waals surface area contributed by atoms with Crippen LogP contribution in [0.1, 0.15) is 32.9 Å². The predicted molar refractivity (Wildman–Crippen MR) is 63.8 cm³/mol. The third-order valence-electron chi connectivity index (χ3n) is 2.29. The van der Waals surface area contributed by atoms with Crippen LogP contribution in [0.2, 0.25) is 0 Å². The van der Waals surface area contributed by atoms with Crippen LogP contribution in [0.4, 0.5) is 0 Å². The summed E-state index contributed by atoms with van der Waals surface area (Å²) in [7, 11) is 1.53. The molecule has 0 bridgehead atoms. The minimum Gasteiger partial charge on any atom is -0.492 e. The summed E-state index contributed by atoms with van der Waals surface area (Å²) in [5.41, 5.74) is -0.00135. The Morgan fingerprint density at radius 3 is 2.71 bits per heavy atom. The molecule has 0 aromatic carbocycles. The summed E-state index contributed by atoms with van der Waals surface area (Å²) in [5.74, 6) is 0.499. The van der Waals surface area contributed by atoms with Gasteiger partial charge in [0.15, 0.2) is 5.75 Å². The minimum absolute atomic E-state index is 0.304. The fourth-order valence-corrected chi connectivity index (χ4v) is 1.53. The van der Waals surface area contributed by atoms with Gasteiger partial charge in [0.25, 0.3) is 0 Å². The number of rotatable bonds is 6. The van der Waals surface area contributed by atoms with Crippen LogP contribution >= 0.6 is 0 Å². The van der Waals surface area contributed by atoms with Crippen LogP contribution in [-0.2, 0) is 11.3 Å². The second kappa shape index (κ2) is 5.69. The summed E-state index contributed by atoms with van der Waals surface area (Å²) in [4.78, 5) is 0. The lowest BCUT2D eigenvalue weighted by Crippen LogP contribution is -2.31. The molecule has 0 aliphatic rings. The first-order chi connectivity index (χ1) is 8.02.